The van der Waals surface area contributed by atoms with Crippen LogP contribution in [0.2, 0.25) is 0 Å². The van der Waals surface area contributed by atoms with Crippen molar-refractivity contribution in [3.63, 3.8) is 0 Å². The van der Waals surface area contributed by atoms with E-state index in [4.69, 9.17) is 5.73 Å². The normalized spacial score (nSPS) is 13.0. The number of nitrogens with two attached hydrogens (primary N) is 1. The Morgan fingerprint density at radius 2 is 2.10 bits per heavy atom. The van der Waals surface area contributed by atoms with E-state index in [-0.39, 0.29) is 6.04 Å². The van der Waals surface area contributed by atoms with Crippen LogP contribution >= 0.6 is 11.3 Å². The molecule has 0 saturated carbocycles. The zero-order valence-electron chi connectivity index (χ0n) is 12.8. The van der Waals surface area contributed by atoms with Crippen LogP contribution in [0.15, 0.2) is 30.5 Å². The van der Waals surface area contributed by atoms with Crippen molar-refractivity contribution in [1.29, 1.82) is 0 Å². The van der Waals surface area contributed by atoms with E-state index in [0.717, 1.165) is 18.7 Å². The van der Waals surface area contributed by atoms with Gasteiger partial charge in [0.05, 0.1) is 12.2 Å². The van der Waals surface area contributed by atoms with Crippen molar-refractivity contribution in [2.24, 2.45) is 5.73 Å². The fourth-order valence-electron chi connectivity index (χ4n) is 2.70. The summed E-state index contributed by atoms with van der Waals surface area (Å²) in [6.45, 7) is 7.09. The Hall–Kier alpha value is -1.65. The molecular formula is C17H21N3S. The predicted octanol–water partition coefficient (Wildman–Crippen LogP) is 3.65. The number of thiazole rings is 1. The van der Waals surface area contributed by atoms with Gasteiger partial charge in [-0.15, -0.1) is 11.3 Å². The molecule has 0 aliphatic carbocycles. The molecule has 0 saturated heterocycles. The molecule has 2 N–H and O–H groups in total. The Bertz CT molecular complexity index is 748. The molecule has 0 aliphatic rings. The summed E-state index contributed by atoms with van der Waals surface area (Å²) in [5.74, 6) is 0. The van der Waals surface area contributed by atoms with Gasteiger partial charge in [0.25, 0.3) is 0 Å². The van der Waals surface area contributed by atoms with Crippen LogP contribution in [0.4, 0.5) is 0 Å². The van der Waals surface area contributed by atoms with Gasteiger partial charge < -0.3 is 10.3 Å². The smallest absolute Gasteiger partial charge is 0.113 e. The zero-order valence-corrected chi connectivity index (χ0v) is 13.6. The second kappa shape index (κ2) is 5.62. The minimum absolute atomic E-state index is 0.184. The highest BCUT2D eigenvalue weighted by molar-refractivity contribution is 7.11. The van der Waals surface area contributed by atoms with Crippen molar-refractivity contribution < 1.29 is 0 Å². The minimum atomic E-state index is 0.184. The number of hydrogen-bond acceptors (Lipinski definition) is 3. The predicted molar refractivity (Wildman–Crippen MR) is 90.0 cm³/mol. The third-order valence-corrected chi connectivity index (χ3v) is 4.88. The SMILES string of the molecule is Cc1nc(Cn2ccc3c(CC(C)N)cccc32)sc1C. The maximum absolute atomic E-state index is 5.95. The molecule has 0 amide bonds. The van der Waals surface area contributed by atoms with Gasteiger partial charge in [0.1, 0.15) is 5.01 Å². The molecule has 0 fully saturated rings. The first-order valence-corrected chi connectivity index (χ1v) is 8.11. The maximum atomic E-state index is 5.95. The summed E-state index contributed by atoms with van der Waals surface area (Å²) in [7, 11) is 0. The Morgan fingerprint density at radius 1 is 1.29 bits per heavy atom. The lowest BCUT2D eigenvalue weighted by Gasteiger charge is -2.08. The molecule has 110 valence electrons. The molecule has 0 bridgehead atoms. The standard InChI is InChI=1S/C17H21N3S/c1-11(18)9-14-5-4-6-16-15(14)7-8-20(16)10-17-19-12(2)13(3)21-17/h4-8,11H,9-10,18H2,1-3H3. The number of hydrogen-bond donors (Lipinski definition) is 1. The lowest BCUT2D eigenvalue weighted by atomic mass is 10.0. The first-order valence-electron chi connectivity index (χ1n) is 7.30. The molecule has 2 heterocycles. The van der Waals surface area contributed by atoms with Gasteiger partial charge in [-0.2, -0.15) is 0 Å². The molecule has 1 atom stereocenters. The van der Waals surface area contributed by atoms with Gasteiger partial charge in [-0.1, -0.05) is 12.1 Å². The fourth-order valence-corrected chi connectivity index (χ4v) is 3.64. The summed E-state index contributed by atoms with van der Waals surface area (Å²) in [6.07, 6.45) is 3.07. The topological polar surface area (TPSA) is 43.8 Å². The van der Waals surface area contributed by atoms with Gasteiger partial charge in [0, 0.05) is 28.0 Å². The molecule has 0 spiro atoms. The van der Waals surface area contributed by atoms with Crippen LogP contribution < -0.4 is 5.73 Å². The van der Waals surface area contributed by atoms with Crippen LogP contribution in [0.5, 0.6) is 0 Å². The lowest BCUT2D eigenvalue weighted by Crippen LogP contribution is -2.17. The highest BCUT2D eigenvalue weighted by Gasteiger charge is 2.09. The van der Waals surface area contributed by atoms with Gasteiger partial charge in [0.2, 0.25) is 0 Å². The highest BCUT2D eigenvalue weighted by Crippen LogP contribution is 2.24. The molecule has 1 unspecified atom stereocenters. The Kier molecular flexibility index (Phi) is 3.83. The molecule has 1 aromatic carbocycles. The molecule has 0 radical (unpaired) electrons. The van der Waals surface area contributed by atoms with Crippen molar-refractivity contribution >= 4 is 22.2 Å². The minimum Gasteiger partial charge on any atom is -0.341 e. The van der Waals surface area contributed by atoms with E-state index in [1.54, 1.807) is 11.3 Å². The Balaban J connectivity index is 1.96. The number of aryl methyl sites for hydroxylation is 2. The van der Waals surface area contributed by atoms with Gasteiger partial charge in [-0.05, 0) is 44.9 Å². The Morgan fingerprint density at radius 3 is 2.76 bits per heavy atom. The van der Waals surface area contributed by atoms with Crippen LogP contribution in [0.25, 0.3) is 10.9 Å². The van der Waals surface area contributed by atoms with Crippen LogP contribution in [-0.4, -0.2) is 15.6 Å². The van der Waals surface area contributed by atoms with Gasteiger partial charge in [-0.25, -0.2) is 4.98 Å². The van der Waals surface area contributed by atoms with E-state index >= 15 is 0 Å². The molecular weight excluding hydrogens is 278 g/mol. The summed E-state index contributed by atoms with van der Waals surface area (Å²) < 4.78 is 2.28. The van der Waals surface area contributed by atoms with Crippen LogP contribution in [-0.2, 0) is 13.0 Å². The van der Waals surface area contributed by atoms with Crippen LogP contribution in [0, 0.1) is 13.8 Å². The highest BCUT2D eigenvalue weighted by atomic mass is 32.1. The number of nitrogens with zero attached hydrogens (tertiary/aromatic N) is 2. The number of rotatable bonds is 4. The summed E-state index contributed by atoms with van der Waals surface area (Å²) in [5.41, 5.74) is 9.68. The molecule has 0 aliphatic heterocycles. The zero-order chi connectivity index (χ0) is 15.0. The van der Waals surface area contributed by atoms with Crippen molar-refractivity contribution in [2.45, 2.75) is 39.8 Å². The van der Waals surface area contributed by atoms with Crippen LogP contribution in [0.1, 0.15) is 28.1 Å². The van der Waals surface area contributed by atoms with E-state index in [0.29, 0.717) is 0 Å². The summed E-state index contributed by atoms with van der Waals surface area (Å²) >= 11 is 1.78. The van der Waals surface area contributed by atoms with Crippen LogP contribution in [0.3, 0.4) is 0 Å². The third-order valence-electron chi connectivity index (χ3n) is 3.82. The monoisotopic (exact) mass is 299 g/mol. The second-order valence-corrected chi connectivity index (χ2v) is 7.01. The van der Waals surface area contributed by atoms with Gasteiger partial charge >= 0.3 is 0 Å². The van der Waals surface area contributed by atoms with Crippen molar-refractivity contribution in [3.05, 3.63) is 51.6 Å². The van der Waals surface area contributed by atoms with E-state index in [9.17, 15) is 0 Å². The number of aromatic nitrogens is 2. The van der Waals surface area contributed by atoms with E-state index in [1.807, 2.05) is 0 Å². The molecule has 3 aromatic rings. The van der Waals surface area contributed by atoms with Crippen molar-refractivity contribution in [2.75, 3.05) is 0 Å². The van der Waals surface area contributed by atoms with Gasteiger partial charge in [0.15, 0.2) is 0 Å². The van der Waals surface area contributed by atoms with E-state index in [1.165, 1.54) is 26.4 Å². The lowest BCUT2D eigenvalue weighted by molar-refractivity contribution is 0.741. The number of benzene rings is 1. The summed E-state index contributed by atoms with van der Waals surface area (Å²) in [6, 6.07) is 8.85. The largest absolute Gasteiger partial charge is 0.341 e. The average molecular weight is 299 g/mol. The van der Waals surface area contributed by atoms with Gasteiger partial charge in [-0.3, -0.25) is 0 Å². The quantitative estimate of drug-likeness (QED) is 0.799. The maximum Gasteiger partial charge on any atom is 0.113 e. The molecule has 21 heavy (non-hydrogen) atoms. The van der Waals surface area contributed by atoms with E-state index in [2.05, 4.69) is 60.8 Å². The first-order chi connectivity index (χ1) is 10.0. The third kappa shape index (κ3) is 2.87. The summed E-state index contributed by atoms with van der Waals surface area (Å²) in [4.78, 5) is 5.95. The second-order valence-electron chi connectivity index (χ2n) is 5.72. The Labute approximate surface area is 129 Å². The number of fused-ring (bicyclic) bond motifs is 1. The molecule has 3 nitrogen and oxygen atoms in total. The van der Waals surface area contributed by atoms with Crippen molar-refractivity contribution in [3.8, 4) is 0 Å². The molecule has 4 heteroatoms. The molecule has 2 aromatic heterocycles. The average Bonchev–Trinajstić information content (AvgIpc) is 2.95. The van der Waals surface area contributed by atoms with Crippen molar-refractivity contribution in [1.82, 2.24) is 9.55 Å². The molecule has 3 rings (SSSR count). The fraction of sp³-hybridized carbons (Fsp3) is 0.353. The van der Waals surface area contributed by atoms with E-state index < -0.39 is 0 Å². The first kappa shape index (κ1) is 14.3. The summed E-state index contributed by atoms with van der Waals surface area (Å²) in [5, 5.41) is 2.47.